The number of carbonyl (C=O) groups excluding carboxylic acids is 1. The minimum Gasteiger partial charge on any atom is -0.497 e. The Morgan fingerprint density at radius 2 is 1.72 bits per heavy atom. The van der Waals surface area contributed by atoms with E-state index in [1.54, 1.807) is 19.9 Å². The second-order valence-corrected chi connectivity index (χ2v) is 9.03. The zero-order valence-electron chi connectivity index (χ0n) is 17.5. The molecular weight excluding hydrogens is 440 g/mol. The highest BCUT2D eigenvalue weighted by Crippen LogP contribution is 2.38. The number of anilines is 2. The minimum atomic E-state index is -4.28. The summed E-state index contributed by atoms with van der Waals surface area (Å²) in [6.07, 6.45) is 1.28. The highest BCUT2D eigenvalue weighted by molar-refractivity contribution is 7.94. The molecule has 0 aliphatic carbocycles. The van der Waals surface area contributed by atoms with Crippen LogP contribution in [0.25, 0.3) is 0 Å². The van der Waals surface area contributed by atoms with E-state index in [-0.39, 0.29) is 22.0 Å². The summed E-state index contributed by atoms with van der Waals surface area (Å²) in [7, 11) is -3.00. The van der Waals surface area contributed by atoms with E-state index >= 15 is 0 Å². The van der Waals surface area contributed by atoms with Crippen molar-refractivity contribution in [2.75, 3.05) is 16.3 Å². The van der Waals surface area contributed by atoms with Crippen LogP contribution in [0.1, 0.15) is 16.8 Å². The van der Waals surface area contributed by atoms with Crippen molar-refractivity contribution < 1.29 is 26.7 Å². The lowest BCUT2D eigenvalue weighted by molar-refractivity contribution is 0.253. The molecule has 1 aromatic heterocycles. The highest BCUT2D eigenvalue weighted by atomic mass is 32.2. The first-order chi connectivity index (χ1) is 15.1. The van der Waals surface area contributed by atoms with E-state index in [1.807, 2.05) is 0 Å². The van der Waals surface area contributed by atoms with Crippen LogP contribution in [0.2, 0.25) is 0 Å². The largest absolute Gasteiger partial charge is 0.497 e. The molecule has 0 unspecified atom stereocenters. The molecule has 3 aromatic rings. The van der Waals surface area contributed by atoms with Gasteiger partial charge in [-0.2, -0.15) is 4.31 Å². The molecule has 0 N–H and O–H groups in total. The summed E-state index contributed by atoms with van der Waals surface area (Å²) in [6.45, 7) is 2.96. The van der Waals surface area contributed by atoms with Crippen LogP contribution in [0, 0.1) is 25.5 Å². The Hall–Kier alpha value is -3.53. The molecule has 7 nitrogen and oxygen atoms in total. The van der Waals surface area contributed by atoms with Crippen LogP contribution in [-0.4, -0.2) is 26.5 Å². The van der Waals surface area contributed by atoms with E-state index in [1.165, 1.54) is 37.6 Å². The van der Waals surface area contributed by atoms with E-state index in [9.17, 15) is 22.0 Å². The van der Waals surface area contributed by atoms with Crippen LogP contribution in [0.15, 0.2) is 53.6 Å². The lowest BCUT2D eigenvalue weighted by Crippen LogP contribution is -2.51. The quantitative estimate of drug-likeness (QED) is 0.581. The van der Waals surface area contributed by atoms with Gasteiger partial charge in [-0.25, -0.2) is 22.0 Å². The predicted molar refractivity (Wildman–Crippen MR) is 114 cm³/mol. The van der Waals surface area contributed by atoms with Crippen molar-refractivity contribution in [3.05, 3.63) is 77.1 Å². The maximum atomic E-state index is 14.6. The number of aromatic nitrogens is 1. The van der Waals surface area contributed by atoms with E-state index in [0.717, 1.165) is 17.0 Å². The number of para-hydroxylation sites is 1. The number of ether oxygens (including phenoxy) is 1. The molecule has 0 radical (unpaired) electrons. The number of fused-ring (bicyclic) bond motifs is 1. The number of methoxy groups -OCH3 is 1. The highest BCUT2D eigenvalue weighted by Gasteiger charge is 2.43. The summed E-state index contributed by atoms with van der Waals surface area (Å²) in [4.78, 5) is 18.4. The average molecular weight is 459 g/mol. The van der Waals surface area contributed by atoms with E-state index in [0.29, 0.717) is 15.6 Å². The van der Waals surface area contributed by atoms with Crippen LogP contribution >= 0.6 is 0 Å². The molecule has 1 aliphatic rings. The van der Waals surface area contributed by atoms with Gasteiger partial charge in [-0.1, -0.05) is 12.1 Å². The number of aryl methyl sites for hydroxylation is 2. The first-order valence-electron chi connectivity index (χ1n) is 9.56. The molecule has 4 rings (SSSR count). The molecule has 0 saturated carbocycles. The first kappa shape index (κ1) is 21.7. The van der Waals surface area contributed by atoms with Gasteiger partial charge in [0.2, 0.25) is 0 Å². The third-order valence-corrected chi connectivity index (χ3v) is 7.05. The summed E-state index contributed by atoms with van der Waals surface area (Å²) < 4.78 is 61.3. The minimum absolute atomic E-state index is 0.0143. The maximum absolute atomic E-state index is 14.6. The lowest BCUT2D eigenvalue weighted by atomic mass is 10.1. The SMILES string of the molecule is COc1cc(F)c(CN2C(=O)N(c3cnc(C)c(C)c3)S(=O)(=O)c3ccccc32)c(F)c1. The van der Waals surface area contributed by atoms with Gasteiger partial charge >= 0.3 is 6.03 Å². The number of carbonyl (C=O) groups is 1. The number of hydrogen-bond donors (Lipinski definition) is 0. The van der Waals surface area contributed by atoms with E-state index in [4.69, 9.17) is 4.74 Å². The topological polar surface area (TPSA) is 79.8 Å². The van der Waals surface area contributed by atoms with Gasteiger partial charge in [-0.05, 0) is 37.6 Å². The average Bonchev–Trinajstić information content (AvgIpc) is 2.75. The van der Waals surface area contributed by atoms with Crippen LogP contribution in [0.3, 0.4) is 0 Å². The zero-order valence-corrected chi connectivity index (χ0v) is 18.3. The number of nitrogens with zero attached hydrogens (tertiary/aromatic N) is 3. The second kappa shape index (κ2) is 7.86. The van der Waals surface area contributed by atoms with Gasteiger partial charge in [0, 0.05) is 23.4 Å². The monoisotopic (exact) mass is 459 g/mol. The fourth-order valence-electron chi connectivity index (χ4n) is 3.46. The molecule has 10 heteroatoms. The van der Waals surface area contributed by atoms with Gasteiger partial charge in [0.25, 0.3) is 10.0 Å². The van der Waals surface area contributed by atoms with Gasteiger partial charge < -0.3 is 4.74 Å². The van der Waals surface area contributed by atoms with Crippen molar-refractivity contribution in [2.45, 2.75) is 25.3 Å². The Morgan fingerprint density at radius 1 is 1.06 bits per heavy atom. The number of sulfonamides is 1. The molecule has 0 saturated heterocycles. The molecule has 0 spiro atoms. The molecular formula is C22H19F2N3O4S. The molecule has 2 heterocycles. The van der Waals surface area contributed by atoms with Crippen molar-refractivity contribution in [1.82, 2.24) is 4.98 Å². The van der Waals surface area contributed by atoms with Crippen molar-refractivity contribution in [3.63, 3.8) is 0 Å². The summed E-state index contributed by atoms with van der Waals surface area (Å²) in [5, 5.41) is 0. The van der Waals surface area contributed by atoms with E-state index in [2.05, 4.69) is 4.98 Å². The summed E-state index contributed by atoms with van der Waals surface area (Å²) in [6, 6.07) is 8.37. The number of amides is 2. The zero-order chi connectivity index (χ0) is 23.2. The normalized spacial score (nSPS) is 15.0. The number of rotatable bonds is 4. The predicted octanol–water partition coefficient (Wildman–Crippen LogP) is 4.32. The fraction of sp³-hybridized carbons (Fsp3) is 0.182. The summed E-state index contributed by atoms with van der Waals surface area (Å²) in [5.74, 6) is -1.85. The van der Waals surface area contributed by atoms with Crippen LogP contribution in [-0.2, 0) is 16.6 Å². The van der Waals surface area contributed by atoms with Crippen molar-refractivity contribution >= 4 is 27.4 Å². The number of benzene rings is 2. The Kier molecular flexibility index (Phi) is 5.33. The molecule has 32 heavy (non-hydrogen) atoms. The smallest absolute Gasteiger partial charge is 0.343 e. The van der Waals surface area contributed by atoms with Gasteiger partial charge in [0.1, 0.15) is 22.3 Å². The van der Waals surface area contributed by atoms with Crippen LogP contribution in [0.5, 0.6) is 5.75 Å². The van der Waals surface area contributed by atoms with E-state index < -0.39 is 39.8 Å². The number of halogens is 2. The first-order valence-corrected chi connectivity index (χ1v) is 11.0. The molecule has 2 amide bonds. The van der Waals surface area contributed by atoms with Crippen molar-refractivity contribution in [1.29, 1.82) is 0 Å². The number of hydrogen-bond acceptors (Lipinski definition) is 5. The third kappa shape index (κ3) is 3.46. The Labute approximate surface area is 183 Å². The summed E-state index contributed by atoms with van der Waals surface area (Å²) >= 11 is 0. The molecule has 1 aliphatic heterocycles. The third-order valence-electron chi connectivity index (χ3n) is 5.31. The van der Waals surface area contributed by atoms with Gasteiger partial charge in [-0.3, -0.25) is 9.88 Å². The number of urea groups is 1. The standard InChI is InChI=1S/C22H19F2N3O4S/c1-13-8-15(11-25-14(13)2)27-22(28)26(20-6-4-5-7-21(20)32(27,29)30)12-17-18(23)9-16(31-3)10-19(17)24/h4-11H,12H2,1-3H3. The summed E-state index contributed by atoms with van der Waals surface area (Å²) in [5.41, 5.74) is 1.03. The Morgan fingerprint density at radius 3 is 2.34 bits per heavy atom. The van der Waals surface area contributed by atoms with Crippen LogP contribution in [0.4, 0.5) is 25.0 Å². The van der Waals surface area contributed by atoms with Crippen molar-refractivity contribution in [2.24, 2.45) is 0 Å². The van der Waals surface area contributed by atoms with Crippen molar-refractivity contribution in [3.8, 4) is 5.75 Å². The van der Waals surface area contributed by atoms with Gasteiger partial charge in [0.05, 0.1) is 31.2 Å². The fourth-order valence-corrected chi connectivity index (χ4v) is 5.03. The Bertz CT molecular complexity index is 1320. The van der Waals surface area contributed by atoms with Crippen LogP contribution < -0.4 is 13.9 Å². The molecule has 0 fully saturated rings. The molecule has 2 aromatic carbocycles. The Balaban J connectivity index is 1.88. The lowest BCUT2D eigenvalue weighted by Gasteiger charge is -2.36. The number of pyridine rings is 1. The van der Waals surface area contributed by atoms with Gasteiger partial charge in [-0.15, -0.1) is 0 Å². The molecule has 0 bridgehead atoms. The van der Waals surface area contributed by atoms with Gasteiger partial charge in [0.15, 0.2) is 0 Å². The second-order valence-electron chi connectivity index (χ2n) is 7.27. The molecule has 166 valence electrons. The molecule has 0 atom stereocenters. The maximum Gasteiger partial charge on any atom is 0.343 e.